The van der Waals surface area contributed by atoms with Gasteiger partial charge in [-0.05, 0) is 72.1 Å². The average Bonchev–Trinajstić information content (AvgIpc) is 3.62. The van der Waals surface area contributed by atoms with Crippen molar-refractivity contribution in [3.63, 3.8) is 0 Å². The minimum absolute atomic E-state index is 0.0456. The minimum Gasteiger partial charge on any atom is -0.348 e. The maximum absolute atomic E-state index is 13.9. The zero-order valence-electron chi connectivity index (χ0n) is 23.2. The summed E-state index contributed by atoms with van der Waals surface area (Å²) < 4.78 is 40.2. The molecule has 0 radical (unpaired) electrons. The molecular weight excluding hydrogens is 620 g/mol. The van der Waals surface area contributed by atoms with Crippen LogP contribution in [-0.2, 0) is 25.7 Å². The van der Waals surface area contributed by atoms with Crippen molar-refractivity contribution in [3.8, 4) is 5.82 Å². The van der Waals surface area contributed by atoms with Crippen molar-refractivity contribution in [2.24, 2.45) is 0 Å². The van der Waals surface area contributed by atoms with Crippen LogP contribution in [0.4, 0.5) is 13.2 Å². The first-order valence-electron chi connectivity index (χ1n) is 13.1. The van der Waals surface area contributed by atoms with Crippen LogP contribution in [0.15, 0.2) is 60.8 Å². The highest BCUT2D eigenvalue weighted by atomic mass is 35.5. The summed E-state index contributed by atoms with van der Waals surface area (Å²) >= 11 is 12.3. The SMILES string of the molecule is Cc1cc(C)c(CC(=O)c2cc(Cn3nnc(C(F)(F)F)n3)nn2-c2ncccc2Cl)c(C(=O)NCc2ccc(Cl)cc2)c1. The number of carbonyl (C=O) groups excluding carboxylic acids is 2. The predicted octanol–water partition coefficient (Wildman–Crippen LogP) is 5.60. The Hall–Kier alpha value is -4.62. The molecule has 2 aromatic carbocycles. The molecule has 0 aliphatic heterocycles. The molecule has 15 heteroatoms. The number of pyridine rings is 1. The van der Waals surface area contributed by atoms with E-state index < -0.39 is 17.8 Å². The number of alkyl halides is 3. The summed E-state index contributed by atoms with van der Waals surface area (Å²) in [5.74, 6) is -2.08. The number of rotatable bonds is 9. The van der Waals surface area contributed by atoms with Crippen LogP contribution < -0.4 is 5.32 Å². The lowest BCUT2D eigenvalue weighted by atomic mass is 9.93. The summed E-state index contributed by atoms with van der Waals surface area (Å²) in [7, 11) is 0. The highest BCUT2D eigenvalue weighted by molar-refractivity contribution is 6.32. The number of hydrogen-bond donors (Lipinski definition) is 1. The van der Waals surface area contributed by atoms with E-state index in [0.29, 0.717) is 16.1 Å². The number of aromatic nitrogens is 7. The van der Waals surface area contributed by atoms with Crippen molar-refractivity contribution in [2.45, 2.75) is 39.5 Å². The van der Waals surface area contributed by atoms with Crippen molar-refractivity contribution in [2.75, 3.05) is 0 Å². The van der Waals surface area contributed by atoms with E-state index in [1.54, 1.807) is 49.4 Å². The van der Waals surface area contributed by atoms with Gasteiger partial charge in [0, 0.05) is 29.7 Å². The number of halogens is 5. The second kappa shape index (κ2) is 12.5. The van der Waals surface area contributed by atoms with E-state index in [2.05, 4.69) is 30.8 Å². The summed E-state index contributed by atoms with van der Waals surface area (Å²) in [6, 6.07) is 15.2. The van der Waals surface area contributed by atoms with Crippen LogP contribution in [0.5, 0.6) is 0 Å². The second-order valence-electron chi connectivity index (χ2n) is 9.90. The topological polar surface area (TPSA) is 120 Å². The van der Waals surface area contributed by atoms with Gasteiger partial charge in [-0.25, -0.2) is 9.67 Å². The Bertz CT molecular complexity index is 1850. The fourth-order valence-electron chi connectivity index (χ4n) is 4.53. The summed E-state index contributed by atoms with van der Waals surface area (Å²) in [6.45, 7) is 3.58. The van der Waals surface area contributed by atoms with Crippen molar-refractivity contribution in [3.05, 3.63) is 116 Å². The van der Waals surface area contributed by atoms with Gasteiger partial charge in [0.05, 0.1) is 10.7 Å². The van der Waals surface area contributed by atoms with E-state index in [4.69, 9.17) is 23.2 Å². The summed E-state index contributed by atoms with van der Waals surface area (Å²) in [4.78, 5) is 32.2. The second-order valence-corrected chi connectivity index (χ2v) is 10.7. The van der Waals surface area contributed by atoms with Crippen molar-refractivity contribution >= 4 is 34.9 Å². The molecule has 226 valence electrons. The number of nitrogens with zero attached hydrogens (tertiary/aromatic N) is 7. The van der Waals surface area contributed by atoms with Gasteiger partial charge in [-0.3, -0.25) is 9.59 Å². The zero-order chi connectivity index (χ0) is 31.6. The third-order valence-corrected chi connectivity index (χ3v) is 7.11. The van der Waals surface area contributed by atoms with Gasteiger partial charge in [0.2, 0.25) is 0 Å². The molecule has 5 rings (SSSR count). The van der Waals surface area contributed by atoms with Crippen LogP contribution in [0.3, 0.4) is 0 Å². The van der Waals surface area contributed by atoms with Crippen LogP contribution in [0, 0.1) is 13.8 Å². The van der Waals surface area contributed by atoms with E-state index in [0.717, 1.165) is 21.5 Å². The lowest BCUT2D eigenvalue weighted by Crippen LogP contribution is -2.25. The molecular formula is C29H23Cl2F3N8O2. The van der Waals surface area contributed by atoms with Crippen molar-refractivity contribution in [1.29, 1.82) is 0 Å². The number of tetrazole rings is 1. The maximum Gasteiger partial charge on any atom is 0.455 e. The van der Waals surface area contributed by atoms with Crippen LogP contribution in [-0.4, -0.2) is 46.7 Å². The van der Waals surface area contributed by atoms with Gasteiger partial charge in [0.25, 0.3) is 11.7 Å². The molecule has 0 unspecified atom stereocenters. The monoisotopic (exact) mass is 642 g/mol. The van der Waals surface area contributed by atoms with Gasteiger partial charge in [-0.1, -0.05) is 47.0 Å². The molecule has 5 aromatic rings. The first-order chi connectivity index (χ1) is 20.9. The lowest BCUT2D eigenvalue weighted by molar-refractivity contribution is -0.145. The Kier molecular flexibility index (Phi) is 8.79. The molecule has 0 bridgehead atoms. The minimum atomic E-state index is -4.77. The molecule has 0 aliphatic carbocycles. The van der Waals surface area contributed by atoms with E-state index in [1.165, 1.54) is 16.9 Å². The number of benzene rings is 2. The van der Waals surface area contributed by atoms with Gasteiger partial charge < -0.3 is 5.32 Å². The Morgan fingerprint density at radius 3 is 2.43 bits per heavy atom. The number of amides is 1. The molecule has 1 amide bonds. The quantitative estimate of drug-likeness (QED) is 0.208. The first kappa shape index (κ1) is 30.8. The summed E-state index contributed by atoms with van der Waals surface area (Å²) in [5, 5.41) is 17.9. The zero-order valence-corrected chi connectivity index (χ0v) is 24.7. The molecule has 0 atom stereocenters. The molecule has 3 heterocycles. The number of nitrogens with one attached hydrogen (secondary N) is 1. The van der Waals surface area contributed by atoms with E-state index in [9.17, 15) is 22.8 Å². The highest BCUT2D eigenvalue weighted by Gasteiger charge is 2.37. The van der Waals surface area contributed by atoms with E-state index >= 15 is 0 Å². The first-order valence-corrected chi connectivity index (χ1v) is 13.9. The van der Waals surface area contributed by atoms with E-state index in [1.807, 2.05) is 13.0 Å². The number of hydrogen-bond acceptors (Lipinski definition) is 7. The van der Waals surface area contributed by atoms with Gasteiger partial charge in [-0.2, -0.15) is 23.1 Å². The lowest BCUT2D eigenvalue weighted by Gasteiger charge is -2.15. The van der Waals surface area contributed by atoms with Gasteiger partial charge in [0.1, 0.15) is 12.2 Å². The number of aryl methyl sites for hydroxylation is 2. The van der Waals surface area contributed by atoms with Crippen LogP contribution in [0.2, 0.25) is 10.0 Å². The van der Waals surface area contributed by atoms with Crippen LogP contribution in [0.1, 0.15) is 54.6 Å². The third-order valence-electron chi connectivity index (χ3n) is 6.56. The van der Waals surface area contributed by atoms with Crippen molar-refractivity contribution in [1.82, 2.24) is 40.3 Å². The van der Waals surface area contributed by atoms with Crippen LogP contribution >= 0.6 is 23.2 Å². The van der Waals surface area contributed by atoms with Gasteiger partial charge >= 0.3 is 6.18 Å². The Labute approximate surface area is 258 Å². The third kappa shape index (κ3) is 6.95. The molecule has 0 saturated carbocycles. The predicted molar refractivity (Wildman–Crippen MR) is 155 cm³/mol. The Balaban J connectivity index is 1.46. The smallest absolute Gasteiger partial charge is 0.348 e. The number of Topliss-reactive ketones (excluding diaryl/α,β-unsaturated/α-hetero) is 1. The molecule has 0 saturated heterocycles. The van der Waals surface area contributed by atoms with Gasteiger partial charge in [-0.15, -0.1) is 10.2 Å². The number of carbonyl (C=O) groups is 2. The summed E-state index contributed by atoms with van der Waals surface area (Å²) in [6.07, 6.45) is -3.51. The summed E-state index contributed by atoms with van der Waals surface area (Å²) in [5.41, 5.74) is 3.44. The van der Waals surface area contributed by atoms with Crippen molar-refractivity contribution < 1.29 is 22.8 Å². The highest BCUT2D eigenvalue weighted by Crippen LogP contribution is 2.26. The fourth-order valence-corrected chi connectivity index (χ4v) is 4.86. The van der Waals surface area contributed by atoms with Gasteiger partial charge in [0.15, 0.2) is 11.6 Å². The molecule has 0 spiro atoms. The molecule has 0 fully saturated rings. The molecule has 44 heavy (non-hydrogen) atoms. The Morgan fingerprint density at radius 2 is 1.75 bits per heavy atom. The fraction of sp³-hybridized carbons (Fsp3) is 0.207. The van der Waals surface area contributed by atoms with Crippen LogP contribution in [0.25, 0.3) is 5.82 Å². The molecule has 3 aromatic heterocycles. The largest absolute Gasteiger partial charge is 0.455 e. The number of ketones is 1. The molecule has 10 nitrogen and oxygen atoms in total. The maximum atomic E-state index is 13.9. The molecule has 1 N–H and O–H groups in total. The Morgan fingerprint density at radius 1 is 1.00 bits per heavy atom. The normalized spacial score (nSPS) is 11.5. The standard InChI is InChI=1S/C29H23Cl2F3N8O2/c1-16-10-17(2)21(22(11-16)27(44)36-14-18-5-7-19(30)8-6-18)13-25(43)24-12-20(15-41-39-28(37-40-41)29(32,33)34)38-42(24)26-23(31)4-3-9-35-26/h3-12H,13-15H2,1-2H3,(H,36,44). The molecule has 0 aliphatic rings. The van der Waals surface area contributed by atoms with E-state index in [-0.39, 0.29) is 47.6 Å². The average molecular weight is 643 g/mol.